The van der Waals surface area contributed by atoms with Gasteiger partial charge in [0, 0.05) is 5.56 Å². The molecule has 5 nitrogen and oxygen atoms in total. The third-order valence-corrected chi connectivity index (χ3v) is 4.04. The molecule has 20 heavy (non-hydrogen) atoms. The number of aromatic amines is 1. The fourth-order valence-corrected chi connectivity index (χ4v) is 2.74. The molecule has 1 aromatic carbocycles. The van der Waals surface area contributed by atoms with E-state index >= 15 is 0 Å². The Morgan fingerprint density at radius 3 is 2.90 bits per heavy atom. The van der Waals surface area contributed by atoms with Gasteiger partial charge in [-0.2, -0.15) is 4.98 Å². The maximum Gasteiger partial charge on any atom is 0.222 e. The van der Waals surface area contributed by atoms with Crippen molar-refractivity contribution in [3.8, 4) is 11.3 Å². The molecule has 3 aromatic rings. The van der Waals surface area contributed by atoms with Gasteiger partial charge < -0.3 is 10.7 Å². The van der Waals surface area contributed by atoms with Gasteiger partial charge in [0.1, 0.15) is 11.2 Å². The van der Waals surface area contributed by atoms with E-state index in [4.69, 9.17) is 5.73 Å². The average Bonchev–Trinajstić information content (AvgIpc) is 2.84. The molecular formula is C15H15N5. The summed E-state index contributed by atoms with van der Waals surface area (Å²) in [5.41, 5.74) is 10.5. The number of fused-ring (bicyclic) bond motifs is 1. The van der Waals surface area contributed by atoms with Crippen molar-refractivity contribution in [2.45, 2.75) is 25.2 Å². The summed E-state index contributed by atoms with van der Waals surface area (Å²) in [5, 5.41) is 0. The molecule has 5 heteroatoms. The minimum absolute atomic E-state index is 0.258. The largest absolute Gasteiger partial charge is 0.368 e. The molecule has 0 atom stereocenters. The first-order valence-corrected chi connectivity index (χ1v) is 6.88. The Hall–Kier alpha value is -2.43. The van der Waals surface area contributed by atoms with E-state index in [0.717, 1.165) is 16.8 Å². The third kappa shape index (κ3) is 1.74. The van der Waals surface area contributed by atoms with Crippen molar-refractivity contribution in [1.82, 2.24) is 19.9 Å². The van der Waals surface area contributed by atoms with Crippen molar-refractivity contribution >= 4 is 17.1 Å². The fraction of sp³-hybridized carbons (Fsp3) is 0.267. The smallest absolute Gasteiger partial charge is 0.222 e. The zero-order valence-corrected chi connectivity index (χ0v) is 11.0. The molecular weight excluding hydrogens is 250 g/mol. The minimum Gasteiger partial charge on any atom is -0.368 e. The van der Waals surface area contributed by atoms with E-state index in [1.54, 1.807) is 6.33 Å². The number of nitrogens with two attached hydrogens (primary N) is 1. The number of rotatable bonds is 2. The first kappa shape index (κ1) is 11.4. The maximum absolute atomic E-state index is 5.78. The maximum atomic E-state index is 5.78. The Bertz CT molecular complexity index is 773. The predicted octanol–water partition coefficient (Wildman–Crippen LogP) is 2.87. The van der Waals surface area contributed by atoms with Crippen LogP contribution in [-0.2, 0) is 0 Å². The lowest BCUT2D eigenvalue weighted by Crippen LogP contribution is -2.08. The molecule has 1 aliphatic carbocycles. The van der Waals surface area contributed by atoms with Crippen LogP contribution in [0.1, 0.15) is 30.7 Å². The highest BCUT2D eigenvalue weighted by Crippen LogP contribution is 2.37. The molecule has 0 bridgehead atoms. The zero-order chi connectivity index (χ0) is 13.5. The average molecular weight is 265 g/mol. The van der Waals surface area contributed by atoms with Crippen LogP contribution in [0.4, 0.5) is 5.95 Å². The SMILES string of the molecule is Nc1nc(-c2cccc(C3CCC3)c2)c2[nH]cnc2n1. The molecule has 4 rings (SSSR count). The van der Waals surface area contributed by atoms with E-state index in [1.165, 1.54) is 24.8 Å². The van der Waals surface area contributed by atoms with Gasteiger partial charge in [-0.3, -0.25) is 0 Å². The van der Waals surface area contributed by atoms with E-state index < -0.39 is 0 Å². The van der Waals surface area contributed by atoms with Gasteiger partial charge in [0.05, 0.1) is 6.33 Å². The highest BCUT2D eigenvalue weighted by Gasteiger charge is 2.20. The van der Waals surface area contributed by atoms with Crippen LogP contribution in [0.3, 0.4) is 0 Å². The van der Waals surface area contributed by atoms with Crippen LogP contribution in [-0.4, -0.2) is 19.9 Å². The van der Waals surface area contributed by atoms with E-state index in [1.807, 2.05) is 0 Å². The van der Waals surface area contributed by atoms with Crippen LogP contribution in [0.5, 0.6) is 0 Å². The van der Waals surface area contributed by atoms with Gasteiger partial charge in [0.25, 0.3) is 0 Å². The molecule has 0 aliphatic heterocycles. The topological polar surface area (TPSA) is 80.5 Å². The van der Waals surface area contributed by atoms with Crippen LogP contribution >= 0.6 is 0 Å². The number of nitrogen functional groups attached to an aromatic ring is 1. The number of aromatic nitrogens is 4. The molecule has 3 N–H and O–H groups in total. The first-order valence-electron chi connectivity index (χ1n) is 6.88. The summed E-state index contributed by atoms with van der Waals surface area (Å²) >= 11 is 0. The van der Waals surface area contributed by atoms with Crippen LogP contribution in [0.25, 0.3) is 22.4 Å². The van der Waals surface area contributed by atoms with E-state index in [-0.39, 0.29) is 5.95 Å². The molecule has 0 spiro atoms. The fourth-order valence-electron chi connectivity index (χ4n) is 2.74. The van der Waals surface area contributed by atoms with E-state index in [2.05, 4.69) is 44.2 Å². The van der Waals surface area contributed by atoms with Gasteiger partial charge in [-0.05, 0) is 30.4 Å². The molecule has 1 fully saturated rings. The van der Waals surface area contributed by atoms with Crippen LogP contribution in [0, 0.1) is 0 Å². The van der Waals surface area contributed by atoms with Crippen molar-refractivity contribution in [3.63, 3.8) is 0 Å². The molecule has 0 amide bonds. The van der Waals surface area contributed by atoms with Crippen molar-refractivity contribution in [1.29, 1.82) is 0 Å². The first-order chi connectivity index (χ1) is 9.81. The van der Waals surface area contributed by atoms with Crippen molar-refractivity contribution < 1.29 is 0 Å². The van der Waals surface area contributed by atoms with Gasteiger partial charge in [0.2, 0.25) is 5.95 Å². The Morgan fingerprint density at radius 2 is 2.10 bits per heavy atom. The van der Waals surface area contributed by atoms with Crippen molar-refractivity contribution in [2.24, 2.45) is 0 Å². The lowest BCUT2D eigenvalue weighted by molar-refractivity contribution is 0.420. The minimum atomic E-state index is 0.258. The van der Waals surface area contributed by atoms with Gasteiger partial charge in [-0.25, -0.2) is 9.97 Å². The summed E-state index contributed by atoms with van der Waals surface area (Å²) in [4.78, 5) is 15.8. The molecule has 2 heterocycles. The lowest BCUT2D eigenvalue weighted by atomic mass is 9.79. The number of hydrogen-bond acceptors (Lipinski definition) is 4. The Morgan fingerprint density at radius 1 is 1.20 bits per heavy atom. The Balaban J connectivity index is 1.87. The molecule has 1 aliphatic rings. The Labute approximate surface area is 116 Å². The van der Waals surface area contributed by atoms with E-state index in [0.29, 0.717) is 11.6 Å². The highest BCUT2D eigenvalue weighted by atomic mass is 15.1. The molecule has 2 aromatic heterocycles. The molecule has 0 radical (unpaired) electrons. The molecule has 0 saturated heterocycles. The van der Waals surface area contributed by atoms with Gasteiger partial charge in [0.15, 0.2) is 5.65 Å². The lowest BCUT2D eigenvalue weighted by Gasteiger charge is -2.26. The summed E-state index contributed by atoms with van der Waals surface area (Å²) < 4.78 is 0. The summed E-state index contributed by atoms with van der Waals surface area (Å²) in [5.74, 6) is 0.958. The van der Waals surface area contributed by atoms with Gasteiger partial charge >= 0.3 is 0 Å². The molecule has 1 saturated carbocycles. The quantitative estimate of drug-likeness (QED) is 0.746. The normalized spacial score (nSPS) is 15.4. The van der Waals surface area contributed by atoms with Gasteiger partial charge in [-0.1, -0.05) is 24.6 Å². The second-order valence-corrected chi connectivity index (χ2v) is 5.28. The highest BCUT2D eigenvalue weighted by molar-refractivity contribution is 5.87. The number of hydrogen-bond donors (Lipinski definition) is 2. The molecule has 100 valence electrons. The second-order valence-electron chi connectivity index (χ2n) is 5.28. The number of anilines is 1. The predicted molar refractivity (Wildman–Crippen MR) is 78.1 cm³/mol. The van der Waals surface area contributed by atoms with Gasteiger partial charge in [-0.15, -0.1) is 0 Å². The summed E-state index contributed by atoms with van der Waals surface area (Å²) in [6, 6.07) is 8.56. The number of nitrogens with one attached hydrogen (secondary N) is 1. The standard InChI is InChI=1S/C15H15N5/c16-15-19-12(13-14(20-15)18-8-17-13)11-6-2-5-10(7-11)9-3-1-4-9/h2,5-9H,1,3-4H2,(H3,16,17,18,19,20). The zero-order valence-electron chi connectivity index (χ0n) is 11.0. The Kier molecular flexibility index (Phi) is 2.45. The number of H-pyrrole nitrogens is 1. The van der Waals surface area contributed by atoms with Crippen LogP contribution < -0.4 is 5.73 Å². The van der Waals surface area contributed by atoms with Crippen LogP contribution in [0.2, 0.25) is 0 Å². The number of benzene rings is 1. The summed E-state index contributed by atoms with van der Waals surface area (Å²) in [7, 11) is 0. The monoisotopic (exact) mass is 265 g/mol. The number of nitrogens with zero attached hydrogens (tertiary/aromatic N) is 3. The number of imidazole rings is 1. The van der Waals surface area contributed by atoms with Crippen molar-refractivity contribution in [2.75, 3.05) is 5.73 Å². The summed E-state index contributed by atoms with van der Waals surface area (Å²) in [6.07, 6.45) is 5.53. The second kappa shape index (κ2) is 4.30. The van der Waals surface area contributed by atoms with E-state index in [9.17, 15) is 0 Å². The summed E-state index contributed by atoms with van der Waals surface area (Å²) in [6.45, 7) is 0. The van der Waals surface area contributed by atoms with Crippen molar-refractivity contribution in [3.05, 3.63) is 36.2 Å². The molecule has 0 unspecified atom stereocenters. The van der Waals surface area contributed by atoms with Crippen LogP contribution in [0.15, 0.2) is 30.6 Å². The third-order valence-electron chi connectivity index (χ3n) is 4.04.